The van der Waals surface area contributed by atoms with Crippen LogP contribution in [0.5, 0.6) is 5.75 Å². The summed E-state index contributed by atoms with van der Waals surface area (Å²) in [7, 11) is 3.82. The Kier molecular flexibility index (Phi) is 4.64. The Labute approximate surface area is 146 Å². The molecule has 0 saturated heterocycles. The van der Waals surface area contributed by atoms with Gasteiger partial charge in [-0.15, -0.1) is 0 Å². The molecule has 7 heteroatoms. The zero-order valence-corrected chi connectivity index (χ0v) is 15.2. The first-order chi connectivity index (χ1) is 11.5. The minimum Gasteiger partial charge on any atom is -0.497 e. The molecule has 0 saturated carbocycles. The van der Waals surface area contributed by atoms with Crippen LogP contribution in [0.2, 0.25) is 0 Å². The summed E-state index contributed by atoms with van der Waals surface area (Å²) in [5.74, 6) is 1.53. The van der Waals surface area contributed by atoms with Crippen LogP contribution in [0.25, 0.3) is 5.78 Å². The van der Waals surface area contributed by atoms with Crippen molar-refractivity contribution < 1.29 is 9.64 Å². The maximum Gasteiger partial charge on any atom is 0.252 e. The fourth-order valence-corrected chi connectivity index (χ4v) is 3.13. The van der Waals surface area contributed by atoms with Crippen LogP contribution in [0, 0.1) is 18.6 Å². The molecule has 6 nitrogen and oxygen atoms in total. The Hall–Kier alpha value is -2.25. The number of rotatable bonds is 5. The SMILES string of the molecule is COc1ccc(C[NH+](C)Cn2c(=S)nc3nc(C)cc(C)n32)cc1. The molecule has 0 amide bonds. The standard InChI is InChI=1S/C17H21N5OS/c1-12-9-13(2)22-16(18-12)19-17(24)21(22)11-20(3)10-14-5-7-15(23-4)8-6-14/h5-9H,10-11H2,1-4H3/p+1. The lowest BCUT2D eigenvalue weighted by molar-refractivity contribution is -0.917. The van der Waals surface area contributed by atoms with Crippen molar-refractivity contribution in [2.24, 2.45) is 0 Å². The maximum atomic E-state index is 5.43. The Morgan fingerprint density at radius 1 is 1.17 bits per heavy atom. The molecular formula is C17H22N5OS+. The molecule has 126 valence electrons. The van der Waals surface area contributed by atoms with Crippen LogP contribution in [0.4, 0.5) is 0 Å². The van der Waals surface area contributed by atoms with E-state index >= 15 is 0 Å². The number of nitrogens with one attached hydrogen (secondary N) is 1. The second kappa shape index (κ2) is 6.70. The summed E-state index contributed by atoms with van der Waals surface area (Å²) in [6, 6.07) is 10.2. The van der Waals surface area contributed by atoms with Gasteiger partial charge in [0.2, 0.25) is 4.77 Å². The molecule has 0 aliphatic carbocycles. The van der Waals surface area contributed by atoms with E-state index in [4.69, 9.17) is 17.0 Å². The van der Waals surface area contributed by atoms with Gasteiger partial charge in [-0.1, -0.05) is 0 Å². The van der Waals surface area contributed by atoms with Gasteiger partial charge in [0, 0.05) is 17.0 Å². The zero-order valence-electron chi connectivity index (χ0n) is 14.4. The smallest absolute Gasteiger partial charge is 0.252 e. The molecule has 2 aromatic heterocycles. The van der Waals surface area contributed by atoms with Crippen molar-refractivity contribution in [2.75, 3.05) is 14.2 Å². The molecule has 24 heavy (non-hydrogen) atoms. The summed E-state index contributed by atoms with van der Waals surface area (Å²) in [6.45, 7) is 5.62. The number of aryl methyl sites for hydroxylation is 2. The lowest BCUT2D eigenvalue weighted by Gasteiger charge is -2.16. The normalized spacial score (nSPS) is 12.5. The van der Waals surface area contributed by atoms with Crippen molar-refractivity contribution in [2.45, 2.75) is 27.1 Å². The van der Waals surface area contributed by atoms with Crippen molar-refractivity contribution in [1.29, 1.82) is 0 Å². The summed E-state index contributed by atoms with van der Waals surface area (Å²) in [4.78, 5) is 10.2. The number of fused-ring (bicyclic) bond motifs is 1. The Balaban J connectivity index is 1.83. The molecule has 0 radical (unpaired) electrons. The first-order valence-electron chi connectivity index (χ1n) is 7.86. The third-order valence-electron chi connectivity index (χ3n) is 3.96. The molecule has 0 bridgehead atoms. The fourth-order valence-electron chi connectivity index (χ4n) is 2.90. The van der Waals surface area contributed by atoms with Gasteiger partial charge in [0.15, 0.2) is 6.67 Å². The van der Waals surface area contributed by atoms with Crippen LogP contribution >= 0.6 is 12.2 Å². The number of hydrogen-bond donors (Lipinski definition) is 1. The van der Waals surface area contributed by atoms with E-state index in [1.54, 1.807) is 7.11 Å². The summed E-state index contributed by atoms with van der Waals surface area (Å²) in [6.07, 6.45) is 0. The van der Waals surface area contributed by atoms with Gasteiger partial charge >= 0.3 is 0 Å². The number of quaternary nitrogens is 1. The topological polar surface area (TPSA) is 48.8 Å². The Morgan fingerprint density at radius 2 is 1.88 bits per heavy atom. The van der Waals surface area contributed by atoms with Gasteiger partial charge in [-0.25, -0.2) is 14.2 Å². The zero-order chi connectivity index (χ0) is 17.3. The molecule has 3 aromatic rings. The summed E-state index contributed by atoms with van der Waals surface area (Å²) in [5, 5.41) is 0. The van der Waals surface area contributed by atoms with E-state index in [1.165, 1.54) is 10.5 Å². The van der Waals surface area contributed by atoms with E-state index in [-0.39, 0.29) is 0 Å². The van der Waals surface area contributed by atoms with Gasteiger partial charge in [-0.2, -0.15) is 4.98 Å². The quantitative estimate of drug-likeness (QED) is 0.714. The lowest BCUT2D eigenvalue weighted by atomic mass is 10.2. The van der Waals surface area contributed by atoms with E-state index < -0.39 is 0 Å². The van der Waals surface area contributed by atoms with Crippen LogP contribution in [-0.4, -0.2) is 33.3 Å². The molecule has 1 aromatic carbocycles. The molecule has 1 atom stereocenters. The second-order valence-electron chi connectivity index (χ2n) is 6.08. The first kappa shape index (κ1) is 16.6. The van der Waals surface area contributed by atoms with E-state index in [0.717, 1.165) is 30.4 Å². The predicted octanol–water partition coefficient (Wildman–Crippen LogP) is 1.56. The maximum absolute atomic E-state index is 5.43. The number of ether oxygens (including phenoxy) is 1. The third-order valence-corrected chi connectivity index (χ3v) is 4.26. The largest absolute Gasteiger partial charge is 0.497 e. The van der Waals surface area contributed by atoms with Gasteiger partial charge in [-0.05, 0) is 56.4 Å². The van der Waals surface area contributed by atoms with Gasteiger partial charge < -0.3 is 9.64 Å². The van der Waals surface area contributed by atoms with Crippen LogP contribution in [-0.2, 0) is 13.2 Å². The van der Waals surface area contributed by atoms with Crippen molar-refractivity contribution in [1.82, 2.24) is 19.2 Å². The summed E-state index contributed by atoms with van der Waals surface area (Å²) >= 11 is 5.43. The van der Waals surface area contributed by atoms with E-state index in [2.05, 4.69) is 29.1 Å². The van der Waals surface area contributed by atoms with Crippen LogP contribution in [0.3, 0.4) is 0 Å². The number of aromatic nitrogens is 4. The van der Waals surface area contributed by atoms with Crippen molar-refractivity contribution in [3.63, 3.8) is 0 Å². The lowest BCUT2D eigenvalue weighted by Crippen LogP contribution is -3.07. The average molecular weight is 344 g/mol. The van der Waals surface area contributed by atoms with E-state index in [1.807, 2.05) is 41.2 Å². The molecule has 3 rings (SSSR count). The summed E-state index contributed by atoms with van der Waals surface area (Å²) in [5.41, 5.74) is 3.28. The molecule has 0 aliphatic heterocycles. The minimum absolute atomic E-state index is 0.560. The number of methoxy groups -OCH3 is 1. The highest BCUT2D eigenvalue weighted by atomic mass is 32.1. The highest BCUT2D eigenvalue weighted by Crippen LogP contribution is 2.10. The van der Waals surface area contributed by atoms with Crippen LogP contribution in [0.1, 0.15) is 17.0 Å². The number of nitrogens with zero attached hydrogens (tertiary/aromatic N) is 4. The van der Waals surface area contributed by atoms with Gasteiger partial charge in [0.25, 0.3) is 5.78 Å². The summed E-state index contributed by atoms with van der Waals surface area (Å²) < 4.78 is 9.76. The number of benzene rings is 1. The minimum atomic E-state index is 0.560. The van der Waals surface area contributed by atoms with Crippen LogP contribution in [0.15, 0.2) is 30.3 Å². The third kappa shape index (κ3) is 3.32. The van der Waals surface area contributed by atoms with Crippen molar-refractivity contribution in [3.8, 4) is 5.75 Å². The van der Waals surface area contributed by atoms with Gasteiger partial charge in [0.1, 0.15) is 12.3 Å². The highest BCUT2D eigenvalue weighted by Gasteiger charge is 2.12. The van der Waals surface area contributed by atoms with Crippen LogP contribution < -0.4 is 9.64 Å². The number of hydrogen-bond acceptors (Lipinski definition) is 4. The molecule has 0 spiro atoms. The van der Waals surface area contributed by atoms with Gasteiger partial charge in [0.05, 0.1) is 14.2 Å². The Morgan fingerprint density at radius 3 is 2.54 bits per heavy atom. The molecule has 0 fully saturated rings. The molecule has 1 unspecified atom stereocenters. The molecule has 2 heterocycles. The molecule has 1 N–H and O–H groups in total. The van der Waals surface area contributed by atoms with E-state index in [0.29, 0.717) is 10.5 Å². The average Bonchev–Trinajstić information content (AvgIpc) is 2.83. The fraction of sp³-hybridized carbons (Fsp3) is 0.353. The Bertz CT molecular complexity index is 913. The second-order valence-corrected chi connectivity index (χ2v) is 6.45. The molecule has 0 aliphatic rings. The highest BCUT2D eigenvalue weighted by molar-refractivity contribution is 7.71. The van der Waals surface area contributed by atoms with Gasteiger partial charge in [-0.3, -0.25) is 0 Å². The van der Waals surface area contributed by atoms with Crippen molar-refractivity contribution >= 4 is 18.0 Å². The predicted molar refractivity (Wildman–Crippen MR) is 94.9 cm³/mol. The monoisotopic (exact) mass is 344 g/mol. The first-order valence-corrected chi connectivity index (χ1v) is 8.27. The molecular weight excluding hydrogens is 322 g/mol. The van der Waals surface area contributed by atoms with Crippen molar-refractivity contribution in [3.05, 3.63) is 52.1 Å². The van der Waals surface area contributed by atoms with E-state index in [9.17, 15) is 0 Å².